The summed E-state index contributed by atoms with van der Waals surface area (Å²) >= 11 is 1.92. The van der Waals surface area contributed by atoms with Crippen molar-refractivity contribution < 1.29 is 0 Å². The molecule has 2 heteroatoms. The maximum Gasteiger partial charge on any atom is 0.0756 e. The lowest BCUT2D eigenvalue weighted by Crippen LogP contribution is -2.26. The number of hydrogen-bond acceptors (Lipinski definition) is 2. The summed E-state index contributed by atoms with van der Waals surface area (Å²) in [4.78, 5) is 6.48. The number of pyridine rings is 1. The fourth-order valence-corrected chi connectivity index (χ4v) is 11.0. The van der Waals surface area contributed by atoms with Gasteiger partial charge < -0.3 is 0 Å². The van der Waals surface area contributed by atoms with Gasteiger partial charge in [-0.05, 0) is 112 Å². The van der Waals surface area contributed by atoms with Crippen LogP contribution in [0.5, 0.6) is 0 Å². The summed E-state index contributed by atoms with van der Waals surface area (Å²) < 4.78 is 1.33. The van der Waals surface area contributed by atoms with Gasteiger partial charge in [0.1, 0.15) is 0 Å². The summed E-state index contributed by atoms with van der Waals surface area (Å²) in [6, 6.07) is 63.2. The maximum absolute atomic E-state index is 5.10. The minimum Gasteiger partial charge on any atom is -0.256 e. The molecular formula is C50H29NS. The van der Waals surface area contributed by atoms with Crippen molar-refractivity contribution in [1.82, 2.24) is 4.98 Å². The van der Waals surface area contributed by atoms with Crippen molar-refractivity contribution in [2.75, 3.05) is 0 Å². The summed E-state index contributed by atoms with van der Waals surface area (Å²) in [6.07, 6.45) is 1.95. The van der Waals surface area contributed by atoms with Crippen LogP contribution in [-0.4, -0.2) is 4.98 Å². The first kappa shape index (κ1) is 28.4. The number of fused-ring (bicyclic) bond motifs is 15. The molecular weight excluding hydrogens is 647 g/mol. The Morgan fingerprint density at radius 3 is 1.79 bits per heavy atom. The van der Waals surface area contributed by atoms with E-state index in [9.17, 15) is 0 Å². The van der Waals surface area contributed by atoms with Crippen molar-refractivity contribution in [3.63, 3.8) is 0 Å². The van der Waals surface area contributed by atoms with Crippen molar-refractivity contribution in [1.29, 1.82) is 0 Å². The highest BCUT2D eigenvalue weighted by Gasteiger charge is 2.54. The number of benzene rings is 8. The van der Waals surface area contributed by atoms with Crippen molar-refractivity contribution in [3.05, 3.63) is 198 Å². The Morgan fingerprint density at radius 2 is 1.02 bits per heavy atom. The second-order valence-electron chi connectivity index (χ2n) is 14.2. The summed E-state index contributed by atoms with van der Waals surface area (Å²) in [5.41, 5.74) is 13.6. The van der Waals surface area contributed by atoms with Crippen LogP contribution in [0.3, 0.4) is 0 Å². The molecule has 12 rings (SSSR count). The third-order valence-corrected chi connectivity index (χ3v) is 12.9. The second kappa shape index (κ2) is 10.4. The predicted molar refractivity (Wildman–Crippen MR) is 219 cm³/mol. The van der Waals surface area contributed by atoms with E-state index in [0.29, 0.717) is 0 Å². The van der Waals surface area contributed by atoms with Crippen LogP contribution in [-0.2, 0) is 5.41 Å². The van der Waals surface area contributed by atoms with E-state index in [4.69, 9.17) is 4.98 Å². The molecule has 0 saturated carbocycles. The SMILES string of the molecule is c1ccc2c(c1)-c1sc3ccccc3c1C21c2cc(-c3c4ccccc4c(-c4ccc5ccccc5c4)c4ccccc34)ccc2-c2ncccc21. The molecule has 0 radical (unpaired) electrons. The first-order chi connectivity index (χ1) is 25.8. The molecule has 8 aromatic carbocycles. The zero-order valence-electron chi connectivity index (χ0n) is 28.1. The smallest absolute Gasteiger partial charge is 0.0756 e. The first-order valence-electron chi connectivity index (χ1n) is 18.0. The van der Waals surface area contributed by atoms with Crippen molar-refractivity contribution >= 4 is 53.7 Å². The van der Waals surface area contributed by atoms with Crippen LogP contribution in [0.25, 0.3) is 86.4 Å². The molecule has 1 unspecified atom stereocenters. The van der Waals surface area contributed by atoms with E-state index < -0.39 is 5.41 Å². The van der Waals surface area contributed by atoms with E-state index in [1.165, 1.54) is 103 Å². The number of aromatic nitrogens is 1. The van der Waals surface area contributed by atoms with E-state index >= 15 is 0 Å². The summed E-state index contributed by atoms with van der Waals surface area (Å²) in [7, 11) is 0. The van der Waals surface area contributed by atoms with Gasteiger partial charge in [-0.25, -0.2) is 0 Å². The van der Waals surface area contributed by atoms with Crippen molar-refractivity contribution in [2.45, 2.75) is 5.41 Å². The van der Waals surface area contributed by atoms with Gasteiger partial charge in [0.25, 0.3) is 0 Å². The van der Waals surface area contributed by atoms with Crippen LogP contribution >= 0.6 is 11.3 Å². The highest BCUT2D eigenvalue weighted by atomic mass is 32.1. The van der Waals surface area contributed by atoms with Gasteiger partial charge in [0, 0.05) is 21.3 Å². The minimum atomic E-state index is -0.461. The standard InChI is InChI=1S/C50H29NS/c1-2-13-31-28-32(24-23-30(31)12-1)45-34-14-3-5-16-36(34)46(37-17-6-4-15-35(37)45)33-25-26-38-43(29-33)50(42-21-11-27-51-48(38)42)41-20-9-7-18-39(41)49-47(50)40-19-8-10-22-44(40)52-49/h1-29H. The molecule has 52 heavy (non-hydrogen) atoms. The van der Waals surface area contributed by atoms with Gasteiger partial charge in [0.2, 0.25) is 0 Å². The number of rotatable bonds is 2. The molecule has 1 nitrogen and oxygen atoms in total. The van der Waals surface area contributed by atoms with Crippen LogP contribution in [0, 0.1) is 0 Å². The fraction of sp³-hybridized carbons (Fsp3) is 0.0200. The van der Waals surface area contributed by atoms with Gasteiger partial charge >= 0.3 is 0 Å². The Hall–Kier alpha value is -6.35. The summed E-state index contributed by atoms with van der Waals surface area (Å²) in [5.74, 6) is 0. The third kappa shape index (κ3) is 3.55. The Balaban J connectivity index is 1.19. The molecule has 2 aliphatic carbocycles. The molecule has 0 saturated heterocycles. The highest BCUT2D eigenvalue weighted by Crippen LogP contribution is 2.66. The molecule has 10 aromatic rings. The van der Waals surface area contributed by atoms with E-state index in [1.54, 1.807) is 0 Å². The normalized spacial score (nSPS) is 15.4. The van der Waals surface area contributed by atoms with Crippen molar-refractivity contribution in [2.24, 2.45) is 0 Å². The monoisotopic (exact) mass is 675 g/mol. The molecule has 1 atom stereocenters. The minimum absolute atomic E-state index is 0.461. The van der Waals surface area contributed by atoms with Gasteiger partial charge in [-0.1, -0.05) is 146 Å². The van der Waals surface area contributed by atoms with E-state index in [2.05, 4.69) is 170 Å². The lowest BCUT2D eigenvalue weighted by molar-refractivity contribution is 0.800. The molecule has 2 heterocycles. The largest absolute Gasteiger partial charge is 0.256 e. The molecule has 0 fully saturated rings. The first-order valence-corrected chi connectivity index (χ1v) is 18.8. The molecule has 0 bridgehead atoms. The zero-order chi connectivity index (χ0) is 34.0. The average Bonchev–Trinajstić information content (AvgIpc) is 3.83. The van der Waals surface area contributed by atoms with Crippen LogP contribution in [0.4, 0.5) is 0 Å². The van der Waals surface area contributed by atoms with E-state index in [-0.39, 0.29) is 0 Å². The maximum atomic E-state index is 5.10. The lowest BCUT2D eigenvalue weighted by atomic mass is 9.70. The topological polar surface area (TPSA) is 12.9 Å². The van der Waals surface area contributed by atoms with Gasteiger partial charge in [-0.2, -0.15) is 0 Å². The number of thiophene rings is 1. The Morgan fingerprint density at radius 1 is 0.423 bits per heavy atom. The van der Waals surface area contributed by atoms with Crippen LogP contribution in [0.2, 0.25) is 0 Å². The molecule has 2 aromatic heterocycles. The Labute approximate surface area is 305 Å². The lowest BCUT2D eigenvalue weighted by Gasteiger charge is -2.30. The Bertz CT molecular complexity index is 3090. The molecule has 240 valence electrons. The predicted octanol–water partition coefficient (Wildman–Crippen LogP) is 13.4. The highest BCUT2D eigenvalue weighted by molar-refractivity contribution is 7.22. The summed E-state index contributed by atoms with van der Waals surface area (Å²) in [6.45, 7) is 0. The van der Waals surface area contributed by atoms with E-state index in [1.807, 2.05) is 17.5 Å². The van der Waals surface area contributed by atoms with Crippen LogP contribution in [0.15, 0.2) is 176 Å². The summed E-state index contributed by atoms with van der Waals surface area (Å²) in [5, 5.41) is 8.91. The van der Waals surface area contributed by atoms with Gasteiger partial charge in [-0.3, -0.25) is 4.98 Å². The van der Waals surface area contributed by atoms with E-state index in [0.717, 1.165) is 5.69 Å². The Kier molecular flexibility index (Phi) is 5.65. The van der Waals surface area contributed by atoms with Gasteiger partial charge in [0.05, 0.1) is 11.1 Å². The van der Waals surface area contributed by atoms with Gasteiger partial charge in [0.15, 0.2) is 0 Å². The zero-order valence-corrected chi connectivity index (χ0v) is 28.9. The van der Waals surface area contributed by atoms with Crippen LogP contribution < -0.4 is 0 Å². The number of hydrogen-bond donors (Lipinski definition) is 0. The molecule has 0 aliphatic heterocycles. The second-order valence-corrected chi connectivity index (χ2v) is 15.2. The quantitative estimate of drug-likeness (QED) is 0.166. The third-order valence-electron chi connectivity index (χ3n) is 11.7. The number of nitrogens with zero attached hydrogens (tertiary/aromatic N) is 1. The fourth-order valence-electron chi connectivity index (χ4n) is 9.69. The molecule has 0 N–H and O–H groups in total. The molecule has 2 aliphatic rings. The molecule has 1 spiro atoms. The van der Waals surface area contributed by atoms with Crippen LogP contribution in [0.1, 0.15) is 22.3 Å². The average molecular weight is 676 g/mol. The molecule has 0 amide bonds. The van der Waals surface area contributed by atoms with Crippen molar-refractivity contribution in [3.8, 4) is 44.0 Å². The van der Waals surface area contributed by atoms with Gasteiger partial charge in [-0.15, -0.1) is 11.3 Å².